The predicted molar refractivity (Wildman–Crippen MR) is 92.7 cm³/mol. The van der Waals surface area contributed by atoms with Crippen LogP contribution in [0.15, 0.2) is 33.6 Å². The molecule has 0 bridgehead atoms. The van der Waals surface area contributed by atoms with Crippen LogP contribution in [-0.2, 0) is 5.75 Å². The number of anilines is 1. The van der Waals surface area contributed by atoms with E-state index in [0.717, 1.165) is 31.1 Å². The van der Waals surface area contributed by atoms with E-state index in [9.17, 15) is 0 Å². The highest BCUT2D eigenvalue weighted by Crippen LogP contribution is 2.29. The van der Waals surface area contributed by atoms with Crippen molar-refractivity contribution in [2.75, 3.05) is 12.4 Å². The summed E-state index contributed by atoms with van der Waals surface area (Å²) in [4.78, 5) is 10.3. The van der Waals surface area contributed by atoms with Gasteiger partial charge in [-0.1, -0.05) is 12.1 Å². The van der Waals surface area contributed by atoms with E-state index in [1.165, 1.54) is 4.90 Å². The number of aryl methyl sites for hydroxylation is 1. The molecule has 1 aromatic carbocycles. The van der Waals surface area contributed by atoms with Crippen LogP contribution in [0.3, 0.4) is 0 Å². The van der Waals surface area contributed by atoms with E-state index in [1.54, 1.807) is 11.8 Å². The first-order chi connectivity index (χ1) is 9.11. The summed E-state index contributed by atoms with van der Waals surface area (Å²) in [6.45, 7) is 2.01. The zero-order valence-electron chi connectivity index (χ0n) is 10.6. The van der Waals surface area contributed by atoms with Crippen molar-refractivity contribution in [3.63, 3.8) is 0 Å². The molecule has 0 saturated heterocycles. The van der Waals surface area contributed by atoms with Crippen LogP contribution in [0.5, 0.6) is 0 Å². The molecular weight excluding hydrogens is 437 g/mol. The van der Waals surface area contributed by atoms with E-state index in [-0.39, 0.29) is 0 Å². The average Bonchev–Trinajstić information content (AvgIpc) is 2.41. The molecule has 6 heteroatoms. The lowest BCUT2D eigenvalue weighted by atomic mass is 10.4. The second-order valence-electron chi connectivity index (χ2n) is 3.86. The lowest BCUT2D eigenvalue weighted by Crippen LogP contribution is -2.04. The zero-order chi connectivity index (χ0) is 13.8. The van der Waals surface area contributed by atoms with Gasteiger partial charge in [-0.25, -0.2) is 9.97 Å². The van der Waals surface area contributed by atoms with Crippen LogP contribution in [0.25, 0.3) is 0 Å². The van der Waals surface area contributed by atoms with Crippen LogP contribution >= 0.6 is 50.3 Å². The average molecular weight is 450 g/mol. The number of thioether (sulfide) groups is 1. The molecule has 1 aromatic heterocycles. The third kappa shape index (κ3) is 3.82. The van der Waals surface area contributed by atoms with Gasteiger partial charge in [0.2, 0.25) is 0 Å². The first kappa shape index (κ1) is 15.1. The Bertz CT molecular complexity index is 592. The van der Waals surface area contributed by atoms with Crippen LogP contribution in [0.1, 0.15) is 11.5 Å². The van der Waals surface area contributed by atoms with Gasteiger partial charge in [0, 0.05) is 16.4 Å². The fourth-order valence-electron chi connectivity index (χ4n) is 1.55. The molecule has 19 heavy (non-hydrogen) atoms. The van der Waals surface area contributed by atoms with Crippen molar-refractivity contribution in [1.82, 2.24) is 9.97 Å². The number of hydrogen-bond donors (Lipinski definition) is 1. The molecular formula is C13H13BrIN3S. The van der Waals surface area contributed by atoms with Gasteiger partial charge < -0.3 is 5.32 Å². The number of nitrogens with zero attached hydrogens (tertiary/aromatic N) is 2. The third-order valence-corrected chi connectivity index (χ3v) is 5.81. The molecule has 2 rings (SSSR count). The molecule has 0 saturated carbocycles. The fourth-order valence-corrected chi connectivity index (χ4v) is 3.48. The summed E-state index contributed by atoms with van der Waals surface area (Å²) in [5, 5.41) is 3.11. The molecule has 0 fully saturated rings. The second kappa shape index (κ2) is 6.90. The summed E-state index contributed by atoms with van der Waals surface area (Å²) in [6, 6.07) is 8.18. The maximum Gasteiger partial charge on any atom is 0.143 e. The first-order valence-electron chi connectivity index (χ1n) is 5.70. The molecule has 1 heterocycles. The molecule has 0 aliphatic carbocycles. The predicted octanol–water partition coefficient (Wildman–Crippen LogP) is 4.49. The molecule has 0 aliphatic heterocycles. The van der Waals surface area contributed by atoms with Gasteiger partial charge in [0.1, 0.15) is 11.6 Å². The summed E-state index contributed by atoms with van der Waals surface area (Å²) in [6.07, 6.45) is 0. The number of benzene rings is 1. The summed E-state index contributed by atoms with van der Waals surface area (Å²) in [5.41, 5.74) is 1.02. The molecule has 2 aromatic rings. The second-order valence-corrected chi connectivity index (χ2v) is 6.81. The van der Waals surface area contributed by atoms with Crippen LogP contribution < -0.4 is 5.32 Å². The van der Waals surface area contributed by atoms with Crippen molar-refractivity contribution in [2.45, 2.75) is 17.6 Å². The van der Waals surface area contributed by atoms with Crippen molar-refractivity contribution in [3.8, 4) is 0 Å². The van der Waals surface area contributed by atoms with Crippen molar-refractivity contribution in [3.05, 3.63) is 43.8 Å². The Kier molecular flexibility index (Phi) is 5.47. The Labute approximate surface area is 139 Å². The van der Waals surface area contributed by atoms with E-state index in [4.69, 9.17) is 0 Å². The molecule has 0 radical (unpaired) electrons. The number of rotatable bonds is 4. The molecule has 0 amide bonds. The van der Waals surface area contributed by atoms with Crippen molar-refractivity contribution < 1.29 is 0 Å². The van der Waals surface area contributed by atoms with Gasteiger partial charge in [0.25, 0.3) is 0 Å². The lowest BCUT2D eigenvalue weighted by Gasteiger charge is -2.09. The minimum Gasteiger partial charge on any atom is -0.372 e. The maximum atomic E-state index is 4.53. The molecule has 0 spiro atoms. The van der Waals surface area contributed by atoms with Crippen LogP contribution in [0.4, 0.5) is 5.82 Å². The van der Waals surface area contributed by atoms with Crippen LogP contribution in [0.2, 0.25) is 0 Å². The number of hydrogen-bond acceptors (Lipinski definition) is 4. The Hall–Kier alpha value is -0.340. The molecule has 0 aliphatic rings. The summed E-state index contributed by atoms with van der Waals surface area (Å²) >= 11 is 7.55. The molecule has 100 valence electrons. The van der Waals surface area contributed by atoms with Crippen molar-refractivity contribution in [2.24, 2.45) is 0 Å². The highest BCUT2D eigenvalue weighted by Gasteiger charge is 2.09. The number of aromatic nitrogens is 2. The van der Waals surface area contributed by atoms with E-state index in [2.05, 4.69) is 59.9 Å². The van der Waals surface area contributed by atoms with E-state index >= 15 is 0 Å². The standard InChI is InChI=1S/C13H13BrIN3S/c1-8-12(15)13(16-2)18-11(17-8)7-19-10-6-4-3-5-9(10)14/h3-6H,7H2,1-2H3,(H,16,17,18). The van der Waals surface area contributed by atoms with Crippen LogP contribution in [-0.4, -0.2) is 17.0 Å². The van der Waals surface area contributed by atoms with Gasteiger partial charge in [-0.2, -0.15) is 0 Å². The van der Waals surface area contributed by atoms with Crippen molar-refractivity contribution in [1.29, 1.82) is 0 Å². The van der Waals surface area contributed by atoms with Gasteiger partial charge in [0.05, 0.1) is 15.0 Å². The Morgan fingerprint density at radius 2 is 2.05 bits per heavy atom. The highest BCUT2D eigenvalue weighted by atomic mass is 127. The molecule has 0 unspecified atom stereocenters. The lowest BCUT2D eigenvalue weighted by molar-refractivity contribution is 0.984. The SMILES string of the molecule is CNc1nc(CSc2ccccc2Br)nc(C)c1I. The van der Waals surface area contributed by atoms with Gasteiger partial charge in [-0.15, -0.1) is 11.8 Å². The van der Waals surface area contributed by atoms with Crippen LogP contribution in [0, 0.1) is 10.5 Å². The van der Waals surface area contributed by atoms with Gasteiger partial charge >= 0.3 is 0 Å². The van der Waals surface area contributed by atoms with E-state index < -0.39 is 0 Å². The quantitative estimate of drug-likeness (QED) is 0.551. The Morgan fingerprint density at radius 3 is 2.74 bits per heavy atom. The molecule has 3 nitrogen and oxygen atoms in total. The van der Waals surface area contributed by atoms with E-state index in [0.29, 0.717) is 0 Å². The third-order valence-electron chi connectivity index (χ3n) is 2.49. The Balaban J connectivity index is 2.16. The molecule has 0 atom stereocenters. The normalized spacial score (nSPS) is 10.5. The fraction of sp³-hybridized carbons (Fsp3) is 0.231. The minimum atomic E-state index is 0.759. The van der Waals surface area contributed by atoms with E-state index in [1.807, 2.05) is 32.2 Å². The largest absolute Gasteiger partial charge is 0.372 e. The first-order valence-corrected chi connectivity index (χ1v) is 8.55. The monoisotopic (exact) mass is 449 g/mol. The summed E-state index contributed by atoms with van der Waals surface area (Å²) in [7, 11) is 1.88. The van der Waals surface area contributed by atoms with Gasteiger partial charge in [0.15, 0.2) is 0 Å². The van der Waals surface area contributed by atoms with Crippen molar-refractivity contribution >= 4 is 56.1 Å². The minimum absolute atomic E-state index is 0.759. The van der Waals surface area contributed by atoms with Gasteiger partial charge in [-0.3, -0.25) is 0 Å². The zero-order valence-corrected chi connectivity index (χ0v) is 15.1. The molecule has 1 N–H and O–H groups in total. The number of nitrogens with one attached hydrogen (secondary N) is 1. The Morgan fingerprint density at radius 1 is 1.32 bits per heavy atom. The summed E-state index contributed by atoms with van der Waals surface area (Å²) < 4.78 is 2.19. The summed E-state index contributed by atoms with van der Waals surface area (Å²) in [5.74, 6) is 2.51. The maximum absolute atomic E-state index is 4.53. The highest BCUT2D eigenvalue weighted by molar-refractivity contribution is 14.1. The number of halogens is 2. The van der Waals surface area contributed by atoms with Gasteiger partial charge in [-0.05, 0) is 57.6 Å². The topological polar surface area (TPSA) is 37.8 Å². The smallest absolute Gasteiger partial charge is 0.143 e.